The van der Waals surface area contributed by atoms with Crippen LogP contribution >= 0.6 is 0 Å². The van der Waals surface area contributed by atoms with E-state index in [0.717, 1.165) is 19.3 Å². The summed E-state index contributed by atoms with van der Waals surface area (Å²) in [4.78, 5) is 11.5. The van der Waals surface area contributed by atoms with Crippen LogP contribution in [0.1, 0.15) is 24.5 Å². The molecule has 0 spiro atoms. The van der Waals surface area contributed by atoms with E-state index in [2.05, 4.69) is 37.8 Å². The van der Waals surface area contributed by atoms with Gasteiger partial charge in [-0.15, -0.1) is 0 Å². The van der Waals surface area contributed by atoms with E-state index in [1.54, 1.807) is 0 Å². The third-order valence-corrected chi connectivity index (χ3v) is 4.28. The van der Waals surface area contributed by atoms with E-state index >= 15 is 0 Å². The van der Waals surface area contributed by atoms with Crippen LogP contribution in [0.4, 0.5) is 0 Å². The zero-order valence-electron chi connectivity index (χ0n) is 13.7. The molecule has 2 heteroatoms. The van der Waals surface area contributed by atoms with Gasteiger partial charge in [0.1, 0.15) is 0 Å². The smallest absolute Gasteiger partial charge is 0.330 e. The quantitative estimate of drug-likeness (QED) is 0.526. The van der Waals surface area contributed by atoms with Gasteiger partial charge in [0.05, 0.1) is 6.61 Å². The average molecular weight is 308 g/mol. The first kappa shape index (κ1) is 17.0. The molecule has 0 aliphatic carbocycles. The van der Waals surface area contributed by atoms with Gasteiger partial charge >= 0.3 is 5.97 Å². The standard InChI is InChI=1S/C21H24O2/c1-3-20(22)23-17-21(4-2,15-18-11-7-5-8-12-18)16-19-13-9-6-10-14-19/h3,5-14H,1,4,15-17H2,2H3. The van der Waals surface area contributed by atoms with Crippen molar-refractivity contribution in [3.05, 3.63) is 84.4 Å². The third-order valence-electron chi connectivity index (χ3n) is 4.28. The minimum Gasteiger partial charge on any atom is -0.462 e. The second kappa shape index (κ2) is 8.33. The Kier molecular flexibility index (Phi) is 6.16. The molecule has 0 saturated heterocycles. The van der Waals surface area contributed by atoms with Gasteiger partial charge in [0.2, 0.25) is 0 Å². The maximum absolute atomic E-state index is 11.5. The molecule has 2 aromatic rings. The molecule has 0 heterocycles. The van der Waals surface area contributed by atoms with Crippen molar-refractivity contribution >= 4 is 5.97 Å². The van der Waals surface area contributed by atoms with Crippen LogP contribution in [0, 0.1) is 5.41 Å². The molecule has 2 nitrogen and oxygen atoms in total. The van der Waals surface area contributed by atoms with Gasteiger partial charge in [-0.25, -0.2) is 4.79 Å². The molecule has 0 aliphatic heterocycles. The van der Waals surface area contributed by atoms with E-state index < -0.39 is 0 Å². The molecule has 0 radical (unpaired) electrons. The molecular weight excluding hydrogens is 284 g/mol. The minimum atomic E-state index is -0.357. The summed E-state index contributed by atoms with van der Waals surface area (Å²) in [6, 6.07) is 20.8. The van der Waals surface area contributed by atoms with Crippen LogP contribution in [0.3, 0.4) is 0 Å². The fourth-order valence-corrected chi connectivity index (χ4v) is 2.86. The van der Waals surface area contributed by atoms with Gasteiger partial charge in [0.15, 0.2) is 0 Å². The summed E-state index contributed by atoms with van der Waals surface area (Å²) < 4.78 is 5.44. The second-order valence-corrected chi connectivity index (χ2v) is 5.99. The number of carbonyl (C=O) groups excluding carboxylic acids is 1. The van der Waals surface area contributed by atoms with E-state index in [9.17, 15) is 4.79 Å². The minimum absolute atomic E-state index is 0.110. The fourth-order valence-electron chi connectivity index (χ4n) is 2.86. The Labute approximate surface area is 138 Å². The highest BCUT2D eigenvalue weighted by Gasteiger charge is 2.30. The van der Waals surface area contributed by atoms with Gasteiger partial charge in [-0.2, -0.15) is 0 Å². The van der Waals surface area contributed by atoms with Crippen LogP contribution in [0.25, 0.3) is 0 Å². The first-order valence-corrected chi connectivity index (χ1v) is 8.04. The lowest BCUT2D eigenvalue weighted by atomic mass is 9.75. The summed E-state index contributed by atoms with van der Waals surface area (Å²) in [5, 5.41) is 0. The normalized spacial score (nSPS) is 11.0. The van der Waals surface area contributed by atoms with Gasteiger partial charge in [-0.1, -0.05) is 74.2 Å². The van der Waals surface area contributed by atoms with Gasteiger partial charge in [-0.05, 0) is 30.4 Å². The van der Waals surface area contributed by atoms with Crippen LogP contribution < -0.4 is 0 Å². The van der Waals surface area contributed by atoms with Crippen molar-refractivity contribution in [1.82, 2.24) is 0 Å². The number of rotatable bonds is 8. The molecule has 0 N–H and O–H groups in total. The fraction of sp³-hybridized carbons (Fsp3) is 0.286. The first-order valence-electron chi connectivity index (χ1n) is 8.04. The molecule has 2 rings (SSSR count). The number of benzene rings is 2. The molecule has 0 bridgehead atoms. The lowest BCUT2D eigenvalue weighted by Gasteiger charge is -2.32. The van der Waals surface area contributed by atoms with Crippen LogP contribution in [0.5, 0.6) is 0 Å². The molecule has 0 saturated carbocycles. The lowest BCUT2D eigenvalue weighted by Crippen LogP contribution is -2.32. The van der Waals surface area contributed by atoms with Crippen molar-refractivity contribution in [3.8, 4) is 0 Å². The summed E-state index contributed by atoms with van der Waals surface area (Å²) in [6.07, 6.45) is 3.92. The Hall–Kier alpha value is -2.35. The van der Waals surface area contributed by atoms with Crippen LogP contribution in [0.2, 0.25) is 0 Å². The molecule has 23 heavy (non-hydrogen) atoms. The van der Waals surface area contributed by atoms with E-state index in [-0.39, 0.29) is 11.4 Å². The average Bonchev–Trinajstić information content (AvgIpc) is 2.61. The molecule has 0 aliphatic rings. The molecule has 0 fully saturated rings. The number of carbonyl (C=O) groups is 1. The van der Waals surface area contributed by atoms with Gasteiger partial charge < -0.3 is 4.74 Å². The topological polar surface area (TPSA) is 26.3 Å². The lowest BCUT2D eigenvalue weighted by molar-refractivity contribution is -0.141. The molecule has 0 atom stereocenters. The van der Waals surface area contributed by atoms with Crippen molar-refractivity contribution in [1.29, 1.82) is 0 Å². The highest BCUT2D eigenvalue weighted by molar-refractivity contribution is 5.81. The SMILES string of the molecule is C=CC(=O)OCC(CC)(Cc1ccccc1)Cc1ccccc1. The van der Waals surface area contributed by atoms with Crippen LogP contribution in [-0.2, 0) is 22.4 Å². The van der Waals surface area contributed by atoms with Crippen molar-refractivity contribution in [2.45, 2.75) is 26.2 Å². The van der Waals surface area contributed by atoms with Gasteiger partial charge in [0, 0.05) is 11.5 Å². The molecule has 0 aromatic heterocycles. The first-order chi connectivity index (χ1) is 11.2. The predicted octanol–water partition coefficient (Wildman–Crippen LogP) is 4.60. The Morgan fingerprint density at radius 1 is 1.00 bits per heavy atom. The van der Waals surface area contributed by atoms with Crippen LogP contribution in [-0.4, -0.2) is 12.6 Å². The predicted molar refractivity (Wildman–Crippen MR) is 94.2 cm³/mol. The maximum atomic E-state index is 11.5. The zero-order valence-corrected chi connectivity index (χ0v) is 13.7. The molecule has 120 valence electrons. The number of hydrogen-bond acceptors (Lipinski definition) is 2. The highest BCUT2D eigenvalue weighted by Crippen LogP contribution is 2.32. The Balaban J connectivity index is 2.23. The maximum Gasteiger partial charge on any atom is 0.330 e. The summed E-state index contributed by atoms with van der Waals surface area (Å²) in [6.45, 7) is 6.04. The summed E-state index contributed by atoms with van der Waals surface area (Å²) in [7, 11) is 0. The summed E-state index contributed by atoms with van der Waals surface area (Å²) >= 11 is 0. The van der Waals surface area contributed by atoms with Gasteiger partial charge in [0.25, 0.3) is 0 Å². The van der Waals surface area contributed by atoms with E-state index in [4.69, 9.17) is 4.74 Å². The van der Waals surface area contributed by atoms with Crippen molar-refractivity contribution in [3.63, 3.8) is 0 Å². The molecule has 0 unspecified atom stereocenters. The summed E-state index contributed by atoms with van der Waals surface area (Å²) in [5.41, 5.74) is 2.42. The number of esters is 1. The Morgan fingerprint density at radius 2 is 1.48 bits per heavy atom. The monoisotopic (exact) mass is 308 g/mol. The number of hydrogen-bond donors (Lipinski definition) is 0. The Bertz CT molecular complexity index is 575. The molecular formula is C21H24O2. The number of ether oxygens (including phenoxy) is 1. The highest BCUT2D eigenvalue weighted by atomic mass is 16.5. The van der Waals surface area contributed by atoms with Gasteiger partial charge in [-0.3, -0.25) is 0 Å². The second-order valence-electron chi connectivity index (χ2n) is 5.99. The van der Waals surface area contributed by atoms with Crippen molar-refractivity contribution in [2.75, 3.05) is 6.61 Å². The van der Waals surface area contributed by atoms with Crippen LogP contribution in [0.15, 0.2) is 73.3 Å². The zero-order chi connectivity index (χ0) is 16.5. The van der Waals surface area contributed by atoms with Crippen molar-refractivity contribution in [2.24, 2.45) is 5.41 Å². The van der Waals surface area contributed by atoms with Crippen molar-refractivity contribution < 1.29 is 9.53 Å². The molecule has 2 aromatic carbocycles. The van der Waals surface area contributed by atoms with E-state index in [1.807, 2.05) is 36.4 Å². The van der Waals surface area contributed by atoms with E-state index in [0.29, 0.717) is 6.61 Å². The Morgan fingerprint density at radius 3 is 1.87 bits per heavy atom. The van der Waals surface area contributed by atoms with E-state index in [1.165, 1.54) is 17.2 Å². The third kappa shape index (κ3) is 5.10. The summed E-state index contributed by atoms with van der Waals surface area (Å²) in [5.74, 6) is -0.357. The molecule has 0 amide bonds. The largest absolute Gasteiger partial charge is 0.462 e.